The van der Waals surface area contributed by atoms with Crippen molar-refractivity contribution >= 4 is 29.0 Å². The van der Waals surface area contributed by atoms with Crippen LogP contribution in [0.15, 0.2) is 53.9 Å². The quantitative estimate of drug-likeness (QED) is 0.180. The maximum Gasteiger partial charge on any atom is 0.387 e. The van der Waals surface area contributed by atoms with Crippen LogP contribution in [0.4, 0.5) is 14.5 Å². The van der Waals surface area contributed by atoms with E-state index in [-0.39, 0.29) is 29.1 Å². The van der Waals surface area contributed by atoms with Gasteiger partial charge in [0.05, 0.1) is 17.4 Å². The van der Waals surface area contributed by atoms with Gasteiger partial charge in [-0.15, -0.1) is 11.8 Å². The molecule has 14 heteroatoms. The molecule has 3 N–H and O–H groups in total. The number of hydrogen-bond acceptors (Lipinski definition) is 9. The molecule has 0 aliphatic carbocycles. The van der Waals surface area contributed by atoms with E-state index in [0.29, 0.717) is 47.5 Å². The van der Waals surface area contributed by atoms with Gasteiger partial charge in [0.25, 0.3) is 0 Å². The first-order valence-corrected chi connectivity index (χ1v) is 15.2. The van der Waals surface area contributed by atoms with Crippen molar-refractivity contribution in [2.45, 2.75) is 62.3 Å². The molecule has 2 fully saturated rings. The summed E-state index contributed by atoms with van der Waals surface area (Å²) < 4.78 is 34.8. The van der Waals surface area contributed by atoms with E-state index in [4.69, 9.17) is 4.74 Å². The molecule has 4 aromatic rings. The molecular weight excluding hydrogens is 578 g/mol. The zero-order valence-corrected chi connectivity index (χ0v) is 24.7. The first-order chi connectivity index (χ1) is 20.7. The number of likely N-dealkylation sites (tertiary alicyclic amines) is 1. The number of halogens is 2. The standard InChI is InChI=1S/C29H34F2N8O3S/c1-17(2)43-19-6-7-24(42-29(30)31)20(11-19)26-23(35-28(41)21-12-34-39-10-4-9-33-27(21)39)15-38(36-26)16-25(40)37-13-18-5-3-8-32-22(18)14-37/h4,6-7,9-12,15,17-18,22,28-29,32,35,41H,3,5,8,13-14,16H2,1-2H3. The van der Waals surface area contributed by atoms with Gasteiger partial charge in [0.2, 0.25) is 5.91 Å². The zero-order chi connectivity index (χ0) is 30.1. The predicted octanol–water partition coefficient (Wildman–Crippen LogP) is 4.01. The van der Waals surface area contributed by atoms with E-state index in [0.717, 1.165) is 24.3 Å². The topological polar surface area (TPSA) is 122 Å². The first-order valence-electron chi connectivity index (χ1n) is 14.3. The van der Waals surface area contributed by atoms with Crippen LogP contribution in [0, 0.1) is 5.92 Å². The smallest absolute Gasteiger partial charge is 0.387 e. The maximum atomic E-state index is 13.5. The Balaban J connectivity index is 1.35. The lowest BCUT2D eigenvalue weighted by atomic mass is 9.94. The fourth-order valence-corrected chi connectivity index (χ4v) is 6.67. The van der Waals surface area contributed by atoms with Crippen molar-refractivity contribution in [3.05, 3.63) is 54.6 Å². The van der Waals surface area contributed by atoms with Crippen molar-refractivity contribution in [3.8, 4) is 17.0 Å². The van der Waals surface area contributed by atoms with Crippen LogP contribution in [0.3, 0.4) is 0 Å². The summed E-state index contributed by atoms with van der Waals surface area (Å²) in [5, 5.41) is 26.9. The van der Waals surface area contributed by atoms with Crippen molar-refractivity contribution < 1.29 is 23.4 Å². The molecule has 11 nitrogen and oxygen atoms in total. The zero-order valence-electron chi connectivity index (χ0n) is 23.9. The molecule has 0 bridgehead atoms. The number of fused-ring (bicyclic) bond motifs is 2. The number of anilines is 1. The molecule has 0 spiro atoms. The van der Waals surface area contributed by atoms with Crippen molar-refractivity contribution in [3.63, 3.8) is 0 Å². The van der Waals surface area contributed by atoms with E-state index in [1.54, 1.807) is 48.6 Å². The fourth-order valence-electron chi connectivity index (χ4n) is 5.80. The van der Waals surface area contributed by atoms with Crippen LogP contribution in [0.2, 0.25) is 0 Å². The minimum atomic E-state index is -3.05. The number of nitrogens with one attached hydrogen (secondary N) is 2. The average Bonchev–Trinajstić information content (AvgIpc) is 3.70. The summed E-state index contributed by atoms with van der Waals surface area (Å²) in [5.41, 5.74) is 1.76. The predicted molar refractivity (Wildman–Crippen MR) is 158 cm³/mol. The summed E-state index contributed by atoms with van der Waals surface area (Å²) in [5.74, 6) is 0.287. The molecule has 228 valence electrons. The lowest BCUT2D eigenvalue weighted by molar-refractivity contribution is -0.131. The summed E-state index contributed by atoms with van der Waals surface area (Å²) in [6.07, 6.45) is 7.34. The number of hydrogen-bond donors (Lipinski definition) is 3. The molecule has 6 rings (SSSR count). The Hall–Kier alpha value is -3.75. The van der Waals surface area contributed by atoms with Crippen LogP contribution in [-0.4, -0.2) is 77.8 Å². The Labute approximate surface area is 251 Å². The molecule has 3 atom stereocenters. The van der Waals surface area contributed by atoms with E-state index in [1.165, 1.54) is 21.5 Å². The Kier molecular flexibility index (Phi) is 8.50. The normalized spacial score (nSPS) is 19.3. The summed E-state index contributed by atoms with van der Waals surface area (Å²) in [4.78, 5) is 20.4. The van der Waals surface area contributed by atoms with Gasteiger partial charge in [-0.25, -0.2) is 9.50 Å². The maximum absolute atomic E-state index is 13.5. The number of aliphatic hydroxyl groups excluding tert-OH is 1. The van der Waals surface area contributed by atoms with Crippen LogP contribution in [0.25, 0.3) is 16.9 Å². The third-order valence-electron chi connectivity index (χ3n) is 7.70. The minimum absolute atomic E-state index is 0.0477. The lowest BCUT2D eigenvalue weighted by Gasteiger charge is -2.24. The van der Waals surface area contributed by atoms with Crippen LogP contribution < -0.4 is 15.4 Å². The number of amides is 1. The molecule has 3 aromatic heterocycles. The van der Waals surface area contributed by atoms with Gasteiger partial charge in [-0.05, 0) is 49.6 Å². The van der Waals surface area contributed by atoms with Crippen LogP contribution in [0.5, 0.6) is 5.75 Å². The number of aromatic nitrogens is 5. The second kappa shape index (κ2) is 12.5. The second-order valence-corrected chi connectivity index (χ2v) is 12.7. The highest BCUT2D eigenvalue weighted by molar-refractivity contribution is 7.99. The van der Waals surface area contributed by atoms with Crippen molar-refractivity contribution in [2.75, 3.05) is 25.0 Å². The number of ether oxygens (including phenoxy) is 1. The number of piperidine rings is 1. The molecule has 1 aromatic carbocycles. The molecule has 43 heavy (non-hydrogen) atoms. The molecule has 1 amide bonds. The first kappa shape index (κ1) is 29.3. The van der Waals surface area contributed by atoms with Crippen LogP contribution >= 0.6 is 11.8 Å². The van der Waals surface area contributed by atoms with Gasteiger partial charge >= 0.3 is 6.61 Å². The van der Waals surface area contributed by atoms with Gasteiger partial charge < -0.3 is 25.4 Å². The number of alkyl halides is 2. The Morgan fingerprint density at radius 1 is 1.30 bits per heavy atom. The summed E-state index contributed by atoms with van der Waals surface area (Å²) in [7, 11) is 0. The SMILES string of the molecule is CC(C)Sc1ccc(OC(F)F)c(-c2nn(CC(=O)N3CC4CCCNC4C3)cc2NC(O)c2cnn3cccnc23)c1. The number of nitrogens with zero attached hydrogens (tertiary/aromatic N) is 6. The van der Waals surface area contributed by atoms with Gasteiger partial charge in [-0.3, -0.25) is 9.48 Å². The van der Waals surface area contributed by atoms with E-state index in [9.17, 15) is 18.7 Å². The monoisotopic (exact) mass is 612 g/mol. The number of aliphatic hydroxyl groups is 1. The van der Waals surface area contributed by atoms with E-state index >= 15 is 0 Å². The molecule has 3 unspecified atom stereocenters. The number of thioether (sulfide) groups is 1. The largest absolute Gasteiger partial charge is 0.434 e. The van der Waals surface area contributed by atoms with E-state index in [2.05, 4.69) is 25.8 Å². The van der Waals surface area contributed by atoms with Gasteiger partial charge in [0.15, 0.2) is 11.9 Å². The van der Waals surface area contributed by atoms with E-state index < -0.39 is 12.8 Å². The van der Waals surface area contributed by atoms with Crippen molar-refractivity contribution in [1.29, 1.82) is 0 Å². The molecule has 5 heterocycles. The second-order valence-electron chi connectivity index (χ2n) is 11.1. The highest BCUT2D eigenvalue weighted by atomic mass is 32.2. The van der Waals surface area contributed by atoms with Crippen molar-refractivity contribution in [2.24, 2.45) is 5.92 Å². The van der Waals surface area contributed by atoms with Gasteiger partial charge in [0, 0.05) is 53.4 Å². The summed E-state index contributed by atoms with van der Waals surface area (Å²) in [6.45, 7) is 3.26. The van der Waals surface area contributed by atoms with Crippen molar-refractivity contribution in [1.82, 2.24) is 34.6 Å². The number of carbonyl (C=O) groups is 1. The molecule has 2 aliphatic heterocycles. The molecule has 0 saturated carbocycles. The average molecular weight is 613 g/mol. The lowest BCUT2D eigenvalue weighted by Crippen LogP contribution is -2.41. The van der Waals surface area contributed by atoms with Gasteiger partial charge in [0.1, 0.15) is 18.0 Å². The Morgan fingerprint density at radius 3 is 2.95 bits per heavy atom. The highest BCUT2D eigenvalue weighted by Gasteiger charge is 2.36. The van der Waals surface area contributed by atoms with Gasteiger partial charge in [-0.2, -0.15) is 19.0 Å². The molecule has 2 aliphatic rings. The van der Waals surface area contributed by atoms with Crippen LogP contribution in [0.1, 0.15) is 38.5 Å². The van der Waals surface area contributed by atoms with Gasteiger partial charge in [-0.1, -0.05) is 13.8 Å². The number of rotatable bonds is 10. The number of carbonyl (C=O) groups excluding carboxylic acids is 1. The number of benzene rings is 1. The van der Waals surface area contributed by atoms with Crippen LogP contribution in [-0.2, 0) is 11.3 Å². The summed E-state index contributed by atoms with van der Waals surface area (Å²) >= 11 is 1.56. The third-order valence-corrected chi connectivity index (χ3v) is 8.70. The molecule has 0 radical (unpaired) electrons. The third kappa shape index (κ3) is 6.45. The Bertz CT molecular complexity index is 1580. The highest BCUT2D eigenvalue weighted by Crippen LogP contribution is 2.39. The summed E-state index contributed by atoms with van der Waals surface area (Å²) in [6, 6.07) is 6.97. The minimum Gasteiger partial charge on any atom is -0.434 e. The molecule has 2 saturated heterocycles. The fraction of sp³-hybridized carbons (Fsp3) is 0.448. The van der Waals surface area contributed by atoms with E-state index in [1.807, 2.05) is 18.7 Å². The molecular formula is C29H34F2N8O3S. The Morgan fingerprint density at radius 2 is 2.16 bits per heavy atom.